The van der Waals surface area contributed by atoms with Crippen molar-refractivity contribution >= 4 is 27.3 Å². The summed E-state index contributed by atoms with van der Waals surface area (Å²) in [5.74, 6) is -1.77. The molecular formula is C9H9ClFNO3S. The van der Waals surface area contributed by atoms with Crippen LogP contribution in [0.15, 0.2) is 17.0 Å². The summed E-state index contributed by atoms with van der Waals surface area (Å²) in [4.78, 5) is 11.1. The zero-order valence-corrected chi connectivity index (χ0v) is 10.1. The van der Waals surface area contributed by atoms with Crippen LogP contribution in [0.2, 0.25) is 5.02 Å². The summed E-state index contributed by atoms with van der Waals surface area (Å²) in [6.07, 6.45) is 1.13. The van der Waals surface area contributed by atoms with Gasteiger partial charge in [0, 0.05) is 6.26 Å². The number of methoxy groups -OCH3 is 1. The van der Waals surface area contributed by atoms with Gasteiger partial charge in [-0.2, -0.15) is 0 Å². The van der Waals surface area contributed by atoms with Crippen LogP contribution in [0.5, 0.6) is 0 Å². The quantitative estimate of drug-likeness (QED) is 0.835. The molecule has 0 aliphatic carbocycles. The third-order valence-corrected chi connectivity index (χ3v) is 3.45. The molecule has 1 rings (SSSR count). The van der Waals surface area contributed by atoms with E-state index in [-0.39, 0.29) is 15.5 Å². The Morgan fingerprint density at radius 1 is 1.56 bits per heavy atom. The number of carbonyl (C=O) groups is 1. The van der Waals surface area contributed by atoms with Crippen LogP contribution in [-0.4, -0.2) is 23.5 Å². The van der Waals surface area contributed by atoms with E-state index in [9.17, 15) is 13.4 Å². The zero-order chi connectivity index (χ0) is 12.5. The van der Waals surface area contributed by atoms with Crippen LogP contribution in [0.4, 0.5) is 4.39 Å². The van der Waals surface area contributed by atoms with Crippen molar-refractivity contribution in [1.29, 1.82) is 4.78 Å². The highest BCUT2D eigenvalue weighted by Crippen LogP contribution is 2.25. The first-order valence-electron chi connectivity index (χ1n) is 4.08. The molecule has 1 unspecified atom stereocenters. The molecule has 0 heterocycles. The summed E-state index contributed by atoms with van der Waals surface area (Å²) in [5.41, 5.74) is -0.385. The topological polar surface area (TPSA) is 67.2 Å². The molecule has 0 amide bonds. The third-order valence-electron chi connectivity index (χ3n) is 1.85. The van der Waals surface area contributed by atoms with E-state index in [1.807, 2.05) is 0 Å². The molecule has 0 aliphatic rings. The van der Waals surface area contributed by atoms with E-state index in [1.54, 1.807) is 0 Å². The van der Waals surface area contributed by atoms with Crippen molar-refractivity contribution < 1.29 is 18.1 Å². The summed E-state index contributed by atoms with van der Waals surface area (Å²) in [5, 5.41) is -0.146. The summed E-state index contributed by atoms with van der Waals surface area (Å²) < 4.78 is 36.5. The molecule has 1 aromatic rings. The second-order valence-electron chi connectivity index (χ2n) is 3.10. The number of hydrogen-bond donors (Lipinski definition) is 1. The highest BCUT2D eigenvalue weighted by Gasteiger charge is 2.18. The zero-order valence-electron chi connectivity index (χ0n) is 8.54. The van der Waals surface area contributed by atoms with Gasteiger partial charge >= 0.3 is 5.97 Å². The number of benzene rings is 1. The Morgan fingerprint density at radius 3 is 2.56 bits per heavy atom. The van der Waals surface area contributed by atoms with E-state index in [1.165, 1.54) is 0 Å². The van der Waals surface area contributed by atoms with E-state index in [0.29, 0.717) is 0 Å². The standard InChI is InChI=1S/C9H9ClFNO3S/c1-15-9(13)5-3-8(16(2,12)14)6(10)4-7(5)11/h3-4,12H,1-2H3. The van der Waals surface area contributed by atoms with E-state index in [4.69, 9.17) is 16.4 Å². The van der Waals surface area contributed by atoms with E-state index < -0.39 is 21.5 Å². The van der Waals surface area contributed by atoms with Crippen LogP contribution in [-0.2, 0) is 14.5 Å². The highest BCUT2D eigenvalue weighted by atomic mass is 35.5. The van der Waals surface area contributed by atoms with Gasteiger partial charge in [-0.1, -0.05) is 11.6 Å². The summed E-state index contributed by atoms with van der Waals surface area (Å²) >= 11 is 5.64. The molecular weight excluding hydrogens is 257 g/mol. The largest absolute Gasteiger partial charge is 0.465 e. The first kappa shape index (κ1) is 12.9. The molecule has 1 N–H and O–H groups in total. The van der Waals surface area contributed by atoms with Gasteiger partial charge < -0.3 is 4.74 Å². The Kier molecular flexibility index (Phi) is 3.54. The van der Waals surface area contributed by atoms with Gasteiger partial charge in [0.15, 0.2) is 0 Å². The van der Waals surface area contributed by atoms with Crippen molar-refractivity contribution in [3.8, 4) is 0 Å². The Balaban J connectivity index is 3.51. The summed E-state index contributed by atoms with van der Waals surface area (Å²) in [7, 11) is -2.02. The highest BCUT2D eigenvalue weighted by molar-refractivity contribution is 7.91. The Bertz CT molecular complexity index is 542. The molecule has 0 fully saturated rings. The maximum atomic E-state index is 13.3. The van der Waals surface area contributed by atoms with Crippen LogP contribution < -0.4 is 0 Å². The van der Waals surface area contributed by atoms with Gasteiger partial charge in [-0.15, -0.1) is 0 Å². The van der Waals surface area contributed by atoms with Crippen molar-refractivity contribution in [1.82, 2.24) is 0 Å². The minimum atomic E-state index is -3.12. The minimum absolute atomic E-state index is 0.0871. The van der Waals surface area contributed by atoms with Crippen molar-refractivity contribution in [3.63, 3.8) is 0 Å². The van der Waals surface area contributed by atoms with E-state index in [0.717, 1.165) is 25.5 Å². The van der Waals surface area contributed by atoms with Crippen LogP contribution in [0.25, 0.3) is 0 Å². The maximum Gasteiger partial charge on any atom is 0.340 e. The molecule has 0 aromatic heterocycles. The van der Waals surface area contributed by atoms with E-state index >= 15 is 0 Å². The molecule has 16 heavy (non-hydrogen) atoms. The molecule has 0 radical (unpaired) electrons. The molecule has 88 valence electrons. The molecule has 0 spiro atoms. The Labute approximate surface area is 97.3 Å². The average Bonchev–Trinajstić information content (AvgIpc) is 2.14. The smallest absolute Gasteiger partial charge is 0.340 e. The molecule has 0 bridgehead atoms. The summed E-state index contributed by atoms with van der Waals surface area (Å²) in [6, 6.07) is 1.83. The first-order valence-corrected chi connectivity index (χ1v) is 6.43. The number of halogens is 2. The fourth-order valence-corrected chi connectivity index (χ4v) is 2.46. The van der Waals surface area contributed by atoms with Crippen molar-refractivity contribution in [2.45, 2.75) is 4.90 Å². The van der Waals surface area contributed by atoms with Crippen LogP contribution in [0.3, 0.4) is 0 Å². The average molecular weight is 266 g/mol. The molecule has 0 saturated carbocycles. The van der Waals surface area contributed by atoms with Crippen molar-refractivity contribution in [3.05, 3.63) is 28.5 Å². The number of nitrogens with one attached hydrogen (secondary N) is 1. The van der Waals surface area contributed by atoms with Crippen molar-refractivity contribution in [2.24, 2.45) is 0 Å². The van der Waals surface area contributed by atoms with E-state index in [2.05, 4.69) is 4.74 Å². The van der Waals surface area contributed by atoms with Gasteiger partial charge in [-0.3, -0.25) is 0 Å². The molecule has 0 saturated heterocycles. The normalized spacial score (nSPS) is 14.2. The Morgan fingerprint density at radius 2 is 2.12 bits per heavy atom. The number of esters is 1. The molecule has 1 aromatic carbocycles. The lowest BCUT2D eigenvalue weighted by Crippen LogP contribution is -2.07. The van der Waals surface area contributed by atoms with Gasteiger partial charge in [-0.25, -0.2) is 18.2 Å². The predicted octanol–water partition coefficient (Wildman–Crippen LogP) is 2.30. The molecule has 4 nitrogen and oxygen atoms in total. The second-order valence-corrected chi connectivity index (χ2v) is 5.63. The minimum Gasteiger partial charge on any atom is -0.465 e. The van der Waals surface area contributed by atoms with Gasteiger partial charge in [0.2, 0.25) is 0 Å². The monoisotopic (exact) mass is 265 g/mol. The Hall–Kier alpha value is -1.14. The maximum absolute atomic E-state index is 13.3. The van der Waals surface area contributed by atoms with Gasteiger partial charge in [0.1, 0.15) is 5.82 Å². The van der Waals surface area contributed by atoms with Crippen LogP contribution in [0.1, 0.15) is 10.4 Å². The number of rotatable bonds is 2. The first-order chi connectivity index (χ1) is 7.27. The SMILES string of the molecule is COC(=O)c1cc(S(C)(=N)=O)c(Cl)cc1F. The lowest BCUT2D eigenvalue weighted by Gasteiger charge is -2.07. The fraction of sp³-hybridized carbons (Fsp3) is 0.222. The van der Waals surface area contributed by atoms with Crippen molar-refractivity contribution in [2.75, 3.05) is 13.4 Å². The molecule has 0 aliphatic heterocycles. The lowest BCUT2D eigenvalue weighted by atomic mass is 10.2. The lowest BCUT2D eigenvalue weighted by molar-refractivity contribution is 0.0595. The van der Waals surface area contributed by atoms with Gasteiger partial charge in [0.05, 0.1) is 32.3 Å². The third kappa shape index (κ3) is 2.51. The number of ether oxygens (including phenoxy) is 1. The molecule has 1 atom stereocenters. The number of hydrogen-bond acceptors (Lipinski definition) is 4. The fourth-order valence-electron chi connectivity index (χ4n) is 1.09. The summed E-state index contributed by atoms with van der Waals surface area (Å²) in [6.45, 7) is 0. The van der Waals surface area contributed by atoms with Gasteiger partial charge in [0.25, 0.3) is 0 Å². The molecule has 7 heteroatoms. The number of carbonyl (C=O) groups excluding carboxylic acids is 1. The van der Waals surface area contributed by atoms with Gasteiger partial charge in [-0.05, 0) is 12.1 Å². The predicted molar refractivity (Wildman–Crippen MR) is 57.8 cm³/mol. The van der Waals surface area contributed by atoms with Crippen LogP contribution >= 0.6 is 11.6 Å². The van der Waals surface area contributed by atoms with Crippen LogP contribution in [0, 0.1) is 10.6 Å². The second kappa shape index (κ2) is 4.39.